The summed E-state index contributed by atoms with van der Waals surface area (Å²) in [5, 5.41) is 1.03. The van der Waals surface area contributed by atoms with Gasteiger partial charge < -0.3 is 0 Å². The van der Waals surface area contributed by atoms with E-state index in [9.17, 15) is 9.59 Å². The summed E-state index contributed by atoms with van der Waals surface area (Å²) in [6, 6.07) is 5.06. The molecule has 0 saturated carbocycles. The minimum atomic E-state index is -0.198. The summed E-state index contributed by atoms with van der Waals surface area (Å²) in [5.74, 6) is -0.396. The molecule has 2 nitrogen and oxygen atoms in total. The van der Waals surface area contributed by atoms with E-state index in [1.54, 1.807) is 30.4 Å². The number of carbonyl (C=O) groups is 2. The Morgan fingerprint density at radius 1 is 1.00 bits per heavy atom. The first-order valence-corrected chi connectivity index (χ1v) is 5.93. The first kappa shape index (κ1) is 12.8. The molecule has 1 aliphatic carbocycles. The summed E-state index contributed by atoms with van der Waals surface area (Å²) in [6.45, 7) is 0. The van der Waals surface area contributed by atoms with E-state index in [0.29, 0.717) is 15.6 Å². The molecule has 0 heterocycles. The Morgan fingerprint density at radius 2 is 1.78 bits per heavy atom. The Hall–Kier alpha value is -1.64. The van der Waals surface area contributed by atoms with Gasteiger partial charge >= 0.3 is 0 Å². The Bertz CT molecular complexity index is 610. The summed E-state index contributed by atoms with van der Waals surface area (Å²) in [7, 11) is 0. The quantitative estimate of drug-likeness (QED) is 0.774. The molecular formula is C14H8Cl2O2. The normalized spacial score (nSPS) is 15.3. The van der Waals surface area contributed by atoms with E-state index in [-0.39, 0.29) is 11.6 Å². The van der Waals surface area contributed by atoms with Gasteiger partial charge in [-0.1, -0.05) is 41.4 Å². The van der Waals surface area contributed by atoms with Crippen molar-refractivity contribution in [1.82, 2.24) is 0 Å². The largest absolute Gasteiger partial charge is 0.290 e. The number of benzene rings is 1. The SMILES string of the molecule is O=C1C=CC(=O)C(/C=C/c2ccc(Cl)cc2Cl)=C1. The van der Waals surface area contributed by atoms with Gasteiger partial charge in [-0.15, -0.1) is 0 Å². The molecule has 0 fully saturated rings. The average Bonchev–Trinajstić information content (AvgIpc) is 2.32. The van der Waals surface area contributed by atoms with Crippen LogP contribution in [0, 0.1) is 0 Å². The van der Waals surface area contributed by atoms with Crippen LogP contribution in [0.3, 0.4) is 0 Å². The van der Waals surface area contributed by atoms with Crippen molar-refractivity contribution < 1.29 is 9.59 Å². The third-order valence-electron chi connectivity index (χ3n) is 2.39. The highest BCUT2D eigenvalue weighted by atomic mass is 35.5. The molecule has 0 bridgehead atoms. The lowest BCUT2D eigenvalue weighted by atomic mass is 10.0. The Morgan fingerprint density at radius 3 is 2.50 bits per heavy atom. The van der Waals surface area contributed by atoms with Gasteiger partial charge in [-0.3, -0.25) is 9.59 Å². The molecular weight excluding hydrogens is 271 g/mol. The van der Waals surface area contributed by atoms with Gasteiger partial charge in [-0.05, 0) is 35.9 Å². The fourth-order valence-electron chi connectivity index (χ4n) is 1.47. The molecule has 2 rings (SSSR count). The van der Waals surface area contributed by atoms with Gasteiger partial charge in [0.25, 0.3) is 0 Å². The van der Waals surface area contributed by atoms with Gasteiger partial charge in [0.2, 0.25) is 0 Å². The number of rotatable bonds is 2. The molecule has 0 aliphatic heterocycles. The molecule has 0 amide bonds. The first-order chi connectivity index (χ1) is 8.56. The highest BCUT2D eigenvalue weighted by Gasteiger charge is 2.10. The number of allylic oxidation sites excluding steroid dienone is 5. The fourth-order valence-corrected chi connectivity index (χ4v) is 1.94. The zero-order valence-electron chi connectivity index (χ0n) is 9.19. The molecule has 90 valence electrons. The number of ketones is 2. The Balaban J connectivity index is 2.26. The van der Waals surface area contributed by atoms with Gasteiger partial charge in [0.1, 0.15) is 0 Å². The van der Waals surface area contributed by atoms with Gasteiger partial charge in [0.05, 0.1) is 0 Å². The topological polar surface area (TPSA) is 34.1 Å². The maximum absolute atomic E-state index is 11.5. The zero-order chi connectivity index (χ0) is 13.1. The lowest BCUT2D eigenvalue weighted by Gasteiger charge is -2.02. The smallest absolute Gasteiger partial charge is 0.186 e. The van der Waals surface area contributed by atoms with Crippen molar-refractivity contribution in [2.24, 2.45) is 0 Å². The molecule has 1 aromatic carbocycles. The van der Waals surface area contributed by atoms with E-state index < -0.39 is 0 Å². The Labute approximate surface area is 114 Å². The van der Waals surface area contributed by atoms with E-state index in [1.807, 2.05) is 0 Å². The van der Waals surface area contributed by atoms with Crippen LogP contribution in [0.25, 0.3) is 6.08 Å². The Kier molecular flexibility index (Phi) is 3.80. The molecule has 18 heavy (non-hydrogen) atoms. The maximum atomic E-state index is 11.5. The summed E-state index contributed by atoms with van der Waals surface area (Å²) in [5.41, 5.74) is 1.07. The van der Waals surface area contributed by atoms with Crippen LogP contribution in [0.2, 0.25) is 10.0 Å². The predicted octanol–water partition coefficient (Wildman–Crippen LogP) is 3.64. The molecule has 1 aliphatic rings. The summed E-state index contributed by atoms with van der Waals surface area (Å²) < 4.78 is 0. The van der Waals surface area contributed by atoms with Gasteiger partial charge in [-0.25, -0.2) is 0 Å². The van der Waals surface area contributed by atoms with Crippen LogP contribution in [0.5, 0.6) is 0 Å². The number of carbonyl (C=O) groups excluding carboxylic acids is 2. The van der Waals surface area contributed by atoms with Crippen LogP contribution in [0.4, 0.5) is 0 Å². The lowest BCUT2D eigenvalue weighted by Crippen LogP contribution is -2.05. The summed E-state index contributed by atoms with van der Waals surface area (Å²) in [4.78, 5) is 22.6. The molecule has 0 N–H and O–H groups in total. The average molecular weight is 279 g/mol. The van der Waals surface area contributed by atoms with E-state index in [2.05, 4.69) is 0 Å². The van der Waals surface area contributed by atoms with E-state index >= 15 is 0 Å². The standard InChI is InChI=1S/C14H8Cl2O2/c15-11-4-3-9(13(16)8-11)1-2-10-7-12(17)5-6-14(10)18/h1-8H/b2-1+. The highest BCUT2D eigenvalue weighted by molar-refractivity contribution is 6.35. The van der Waals surface area contributed by atoms with E-state index in [4.69, 9.17) is 23.2 Å². The van der Waals surface area contributed by atoms with Crippen molar-refractivity contribution in [2.75, 3.05) is 0 Å². The number of hydrogen-bond acceptors (Lipinski definition) is 2. The molecule has 0 atom stereocenters. The van der Waals surface area contributed by atoms with Crippen molar-refractivity contribution in [3.05, 3.63) is 63.7 Å². The highest BCUT2D eigenvalue weighted by Crippen LogP contribution is 2.22. The third kappa shape index (κ3) is 2.97. The molecule has 1 aromatic rings. The minimum absolute atomic E-state index is 0.198. The number of halogens is 2. The van der Waals surface area contributed by atoms with Crippen LogP contribution >= 0.6 is 23.2 Å². The van der Waals surface area contributed by atoms with Crippen molar-refractivity contribution >= 4 is 40.8 Å². The molecule has 0 aromatic heterocycles. The number of hydrogen-bond donors (Lipinski definition) is 0. The fraction of sp³-hybridized carbons (Fsp3) is 0. The van der Waals surface area contributed by atoms with Crippen LogP contribution in [0.15, 0.2) is 48.1 Å². The van der Waals surface area contributed by atoms with Crippen molar-refractivity contribution in [2.45, 2.75) is 0 Å². The van der Waals surface area contributed by atoms with Gasteiger partial charge in [-0.2, -0.15) is 0 Å². The van der Waals surface area contributed by atoms with E-state index in [0.717, 1.165) is 5.56 Å². The molecule has 0 saturated heterocycles. The molecule has 0 spiro atoms. The van der Waals surface area contributed by atoms with Crippen LogP contribution in [-0.4, -0.2) is 11.6 Å². The first-order valence-electron chi connectivity index (χ1n) is 5.17. The van der Waals surface area contributed by atoms with Gasteiger partial charge in [0.15, 0.2) is 11.6 Å². The minimum Gasteiger partial charge on any atom is -0.290 e. The predicted molar refractivity (Wildman–Crippen MR) is 72.7 cm³/mol. The van der Waals surface area contributed by atoms with E-state index in [1.165, 1.54) is 18.2 Å². The molecule has 4 heteroatoms. The zero-order valence-corrected chi connectivity index (χ0v) is 10.7. The van der Waals surface area contributed by atoms with Gasteiger partial charge in [0, 0.05) is 15.6 Å². The third-order valence-corrected chi connectivity index (χ3v) is 2.95. The van der Waals surface area contributed by atoms with Crippen molar-refractivity contribution in [1.29, 1.82) is 0 Å². The summed E-state index contributed by atoms with van der Waals surface area (Å²) in [6.07, 6.45) is 7.04. The van der Waals surface area contributed by atoms with Crippen LogP contribution in [-0.2, 0) is 9.59 Å². The summed E-state index contributed by atoms with van der Waals surface area (Å²) >= 11 is 11.8. The van der Waals surface area contributed by atoms with Crippen molar-refractivity contribution in [3.8, 4) is 0 Å². The van der Waals surface area contributed by atoms with Crippen LogP contribution in [0.1, 0.15) is 5.56 Å². The lowest BCUT2D eigenvalue weighted by molar-refractivity contribution is -0.114. The molecule has 0 unspecified atom stereocenters. The second-order valence-corrected chi connectivity index (χ2v) is 4.54. The second-order valence-electron chi connectivity index (χ2n) is 3.70. The molecule has 0 radical (unpaired) electrons. The van der Waals surface area contributed by atoms with Crippen LogP contribution < -0.4 is 0 Å². The maximum Gasteiger partial charge on any atom is 0.186 e. The monoisotopic (exact) mass is 278 g/mol. The second kappa shape index (κ2) is 5.34. The van der Waals surface area contributed by atoms with Crippen molar-refractivity contribution in [3.63, 3.8) is 0 Å².